The van der Waals surface area contributed by atoms with Gasteiger partial charge in [0.2, 0.25) is 11.1 Å². The van der Waals surface area contributed by atoms with Gasteiger partial charge in [0, 0.05) is 6.07 Å². The number of aromatic amines is 1. The quantitative estimate of drug-likeness (QED) is 0.328. The molecular weight excluding hydrogens is 394 g/mol. The van der Waals surface area contributed by atoms with Gasteiger partial charge < -0.3 is 10.1 Å². The van der Waals surface area contributed by atoms with Gasteiger partial charge in [-0.15, -0.1) is 5.10 Å². The van der Waals surface area contributed by atoms with Gasteiger partial charge in [-0.2, -0.15) is 0 Å². The largest absolute Gasteiger partial charge is 0.485 e. The molecule has 2 aromatic carbocycles. The number of carbonyl (C=O) groups excluding carboxylic acids is 1. The number of hydrogen-bond donors (Lipinski definition) is 2. The summed E-state index contributed by atoms with van der Waals surface area (Å²) >= 11 is 1.12. The lowest BCUT2D eigenvalue weighted by molar-refractivity contribution is -0.384. The molecule has 2 N–H and O–H groups in total. The van der Waals surface area contributed by atoms with Gasteiger partial charge in [-0.05, 0) is 31.0 Å². The fourth-order valence-corrected chi connectivity index (χ4v) is 3.16. The van der Waals surface area contributed by atoms with E-state index in [2.05, 4.69) is 20.5 Å². The Bertz CT molecular complexity index is 1040. The van der Waals surface area contributed by atoms with E-state index in [1.807, 2.05) is 31.2 Å². The standard InChI is InChI=1S/C19H19N5O4S/c1-12-6-3-4-9-15(12)28-10-16-20-19(23-22-16)29-11-17(25)21-18-13(2)7-5-8-14(18)24(26)27/h3-9H,10-11H2,1-2H3,(H,21,25)(H,20,22,23). The van der Waals surface area contributed by atoms with Gasteiger partial charge in [0.15, 0.2) is 5.82 Å². The van der Waals surface area contributed by atoms with Crippen molar-refractivity contribution in [3.8, 4) is 5.75 Å². The van der Waals surface area contributed by atoms with E-state index in [4.69, 9.17) is 4.74 Å². The predicted octanol–water partition coefficient (Wildman–Crippen LogP) is 3.64. The highest BCUT2D eigenvalue weighted by Crippen LogP contribution is 2.28. The van der Waals surface area contributed by atoms with Crippen LogP contribution in [-0.4, -0.2) is 31.8 Å². The number of thioether (sulfide) groups is 1. The van der Waals surface area contributed by atoms with Crippen molar-refractivity contribution in [2.75, 3.05) is 11.1 Å². The van der Waals surface area contributed by atoms with Gasteiger partial charge in [0.25, 0.3) is 5.69 Å². The van der Waals surface area contributed by atoms with Crippen molar-refractivity contribution in [2.24, 2.45) is 0 Å². The van der Waals surface area contributed by atoms with Crippen molar-refractivity contribution in [3.63, 3.8) is 0 Å². The van der Waals surface area contributed by atoms with Crippen LogP contribution in [0.3, 0.4) is 0 Å². The highest BCUT2D eigenvalue weighted by atomic mass is 32.2. The third-order valence-electron chi connectivity index (χ3n) is 4.01. The summed E-state index contributed by atoms with van der Waals surface area (Å²) in [7, 11) is 0. The Morgan fingerprint density at radius 2 is 1.97 bits per heavy atom. The van der Waals surface area contributed by atoms with Crippen molar-refractivity contribution in [1.82, 2.24) is 15.2 Å². The minimum absolute atomic E-state index is 0.0153. The Labute approximate surface area is 171 Å². The molecular formula is C19H19N5O4S. The number of nitrogens with one attached hydrogen (secondary N) is 2. The molecule has 3 rings (SSSR count). The van der Waals surface area contributed by atoms with Crippen LogP contribution in [0.2, 0.25) is 0 Å². The van der Waals surface area contributed by atoms with E-state index in [0.717, 1.165) is 23.1 Å². The van der Waals surface area contributed by atoms with Gasteiger partial charge >= 0.3 is 0 Å². The first-order valence-corrected chi connectivity index (χ1v) is 9.69. The number of para-hydroxylation sites is 2. The van der Waals surface area contributed by atoms with Crippen LogP contribution in [0.4, 0.5) is 11.4 Å². The molecule has 0 spiro atoms. The monoisotopic (exact) mass is 413 g/mol. The molecule has 1 heterocycles. The number of anilines is 1. The third kappa shape index (κ3) is 5.32. The second kappa shape index (κ2) is 9.20. The van der Waals surface area contributed by atoms with Gasteiger partial charge in [0.05, 0.1) is 10.7 Å². The van der Waals surface area contributed by atoms with E-state index < -0.39 is 4.92 Å². The first kappa shape index (κ1) is 20.3. The van der Waals surface area contributed by atoms with Gasteiger partial charge in [-0.1, -0.05) is 42.1 Å². The number of carbonyl (C=O) groups is 1. The summed E-state index contributed by atoms with van der Waals surface area (Å²) in [5.74, 6) is 0.930. The number of ether oxygens (including phenoxy) is 1. The Hall–Kier alpha value is -3.40. The van der Waals surface area contributed by atoms with E-state index in [1.165, 1.54) is 6.07 Å². The number of amides is 1. The van der Waals surface area contributed by atoms with Crippen LogP contribution in [0, 0.1) is 24.0 Å². The molecule has 150 valence electrons. The van der Waals surface area contributed by atoms with Crippen molar-refractivity contribution < 1.29 is 14.5 Å². The zero-order valence-electron chi connectivity index (χ0n) is 15.8. The first-order valence-electron chi connectivity index (χ1n) is 8.70. The maximum Gasteiger partial charge on any atom is 0.293 e. The van der Waals surface area contributed by atoms with E-state index >= 15 is 0 Å². The Morgan fingerprint density at radius 3 is 2.72 bits per heavy atom. The lowest BCUT2D eigenvalue weighted by atomic mass is 10.1. The number of rotatable bonds is 8. The number of nitrogens with zero attached hydrogens (tertiary/aromatic N) is 3. The van der Waals surface area contributed by atoms with E-state index in [-0.39, 0.29) is 29.6 Å². The minimum atomic E-state index is -0.522. The average Bonchev–Trinajstić information content (AvgIpc) is 3.15. The Morgan fingerprint density at radius 1 is 1.21 bits per heavy atom. The van der Waals surface area contributed by atoms with Crippen LogP contribution in [-0.2, 0) is 11.4 Å². The van der Waals surface area contributed by atoms with Crippen molar-refractivity contribution >= 4 is 29.0 Å². The van der Waals surface area contributed by atoms with Crippen molar-refractivity contribution in [2.45, 2.75) is 25.6 Å². The lowest BCUT2D eigenvalue weighted by Crippen LogP contribution is -2.16. The molecule has 1 amide bonds. The second-order valence-corrected chi connectivity index (χ2v) is 7.12. The molecule has 29 heavy (non-hydrogen) atoms. The molecule has 0 aliphatic carbocycles. The molecule has 0 saturated carbocycles. The van der Waals surface area contributed by atoms with Gasteiger partial charge in [-0.25, -0.2) is 4.98 Å². The molecule has 1 aromatic heterocycles. The van der Waals surface area contributed by atoms with Crippen LogP contribution in [0.5, 0.6) is 5.75 Å². The normalized spacial score (nSPS) is 10.6. The van der Waals surface area contributed by atoms with Gasteiger partial charge in [-0.3, -0.25) is 20.0 Å². The molecule has 0 aliphatic rings. The topological polar surface area (TPSA) is 123 Å². The molecule has 0 aliphatic heterocycles. The molecule has 0 fully saturated rings. The summed E-state index contributed by atoms with van der Waals surface area (Å²) in [6.45, 7) is 3.88. The zero-order chi connectivity index (χ0) is 20.8. The third-order valence-corrected chi connectivity index (χ3v) is 4.86. The van der Waals surface area contributed by atoms with Crippen LogP contribution in [0.1, 0.15) is 17.0 Å². The van der Waals surface area contributed by atoms with E-state index in [9.17, 15) is 14.9 Å². The molecule has 0 atom stereocenters. The fourth-order valence-electron chi connectivity index (χ4n) is 2.54. The molecule has 0 radical (unpaired) electrons. The highest BCUT2D eigenvalue weighted by Gasteiger charge is 2.18. The first-order chi connectivity index (χ1) is 13.9. The second-order valence-electron chi connectivity index (χ2n) is 6.18. The van der Waals surface area contributed by atoms with Crippen LogP contribution < -0.4 is 10.1 Å². The molecule has 0 unspecified atom stereocenters. The number of nitro groups is 1. The molecule has 3 aromatic rings. The lowest BCUT2D eigenvalue weighted by Gasteiger charge is -2.08. The van der Waals surface area contributed by atoms with E-state index in [0.29, 0.717) is 16.5 Å². The van der Waals surface area contributed by atoms with Gasteiger partial charge in [0.1, 0.15) is 18.0 Å². The summed E-state index contributed by atoms with van der Waals surface area (Å²) in [5, 5.41) is 21.0. The summed E-state index contributed by atoms with van der Waals surface area (Å²) in [6, 6.07) is 12.3. The zero-order valence-corrected chi connectivity index (χ0v) is 16.7. The molecule has 0 saturated heterocycles. The SMILES string of the molecule is Cc1ccccc1OCc1nc(SCC(=O)Nc2c(C)cccc2[N+](=O)[O-])n[nH]1. The number of hydrogen-bond acceptors (Lipinski definition) is 7. The summed E-state index contributed by atoms with van der Waals surface area (Å²) in [5.41, 5.74) is 1.69. The van der Waals surface area contributed by atoms with Crippen LogP contribution >= 0.6 is 11.8 Å². The molecule has 9 nitrogen and oxygen atoms in total. The van der Waals surface area contributed by atoms with E-state index in [1.54, 1.807) is 19.1 Å². The number of aryl methyl sites for hydroxylation is 2. The average molecular weight is 413 g/mol. The molecule has 0 bridgehead atoms. The Kier molecular flexibility index (Phi) is 6.45. The van der Waals surface area contributed by atoms with Crippen molar-refractivity contribution in [3.05, 3.63) is 69.5 Å². The maximum atomic E-state index is 12.2. The summed E-state index contributed by atoms with van der Waals surface area (Å²) in [4.78, 5) is 27.1. The highest BCUT2D eigenvalue weighted by molar-refractivity contribution is 7.99. The van der Waals surface area contributed by atoms with Crippen LogP contribution in [0.15, 0.2) is 47.6 Å². The number of nitro benzene ring substituents is 1. The fraction of sp³-hybridized carbons (Fsp3) is 0.211. The summed E-state index contributed by atoms with van der Waals surface area (Å²) < 4.78 is 5.70. The smallest absolute Gasteiger partial charge is 0.293 e. The molecule has 10 heteroatoms. The number of aromatic nitrogens is 3. The maximum absolute atomic E-state index is 12.2. The van der Waals surface area contributed by atoms with Crippen LogP contribution in [0.25, 0.3) is 0 Å². The summed E-state index contributed by atoms with van der Waals surface area (Å²) in [6.07, 6.45) is 0. The predicted molar refractivity (Wildman–Crippen MR) is 109 cm³/mol. The number of H-pyrrole nitrogens is 1. The minimum Gasteiger partial charge on any atom is -0.485 e. The Balaban J connectivity index is 1.54. The number of benzene rings is 2. The van der Waals surface area contributed by atoms with Crippen molar-refractivity contribution in [1.29, 1.82) is 0 Å².